The van der Waals surface area contributed by atoms with Gasteiger partial charge in [-0.2, -0.15) is 0 Å². The lowest BCUT2D eigenvalue weighted by atomic mass is 10.0. The van der Waals surface area contributed by atoms with Gasteiger partial charge in [-0.3, -0.25) is 0 Å². The van der Waals surface area contributed by atoms with Gasteiger partial charge in [0.1, 0.15) is 5.82 Å². The molecule has 1 rings (SSSR count). The second-order valence-electron chi connectivity index (χ2n) is 3.97. The average molecular weight is 300 g/mol. The highest BCUT2D eigenvalue weighted by atomic mass is 79.9. The smallest absolute Gasteiger partial charge is 0.137 e. The Morgan fingerprint density at radius 3 is 2.94 bits per heavy atom. The van der Waals surface area contributed by atoms with E-state index in [9.17, 15) is 4.39 Å². The van der Waals surface area contributed by atoms with Crippen molar-refractivity contribution >= 4 is 15.9 Å². The molecule has 0 aliphatic rings. The number of benzene rings is 1. The number of halogens is 2. The molecule has 0 spiro atoms. The molecule has 0 amide bonds. The molecule has 0 bridgehead atoms. The van der Waals surface area contributed by atoms with Gasteiger partial charge in [0.2, 0.25) is 0 Å². The van der Waals surface area contributed by atoms with Gasteiger partial charge in [-0.15, -0.1) is 6.58 Å². The predicted molar refractivity (Wildman–Crippen MR) is 74.6 cm³/mol. The standard InChI is InChI=1S/C14H19BrFN/c1-3-5-6-10-13(17-4-2)11-8-7-9-12(16)14(11)15/h3,7-9,13,17H,1,4-6,10H2,2H3. The molecule has 0 saturated carbocycles. The van der Waals surface area contributed by atoms with E-state index in [1.165, 1.54) is 6.07 Å². The van der Waals surface area contributed by atoms with E-state index in [-0.39, 0.29) is 11.9 Å². The van der Waals surface area contributed by atoms with Crippen LogP contribution in [0, 0.1) is 5.82 Å². The normalized spacial score (nSPS) is 12.4. The molecule has 1 atom stereocenters. The fraction of sp³-hybridized carbons (Fsp3) is 0.429. The summed E-state index contributed by atoms with van der Waals surface area (Å²) in [5, 5.41) is 3.39. The van der Waals surface area contributed by atoms with E-state index in [2.05, 4.69) is 34.7 Å². The maximum atomic E-state index is 13.5. The minimum Gasteiger partial charge on any atom is -0.310 e. The van der Waals surface area contributed by atoms with Crippen molar-refractivity contribution in [3.8, 4) is 0 Å². The Balaban J connectivity index is 2.81. The van der Waals surface area contributed by atoms with Gasteiger partial charge in [0.25, 0.3) is 0 Å². The lowest BCUT2D eigenvalue weighted by Gasteiger charge is -2.19. The minimum atomic E-state index is -0.200. The first-order chi connectivity index (χ1) is 8.20. The van der Waals surface area contributed by atoms with Crippen LogP contribution >= 0.6 is 15.9 Å². The zero-order chi connectivity index (χ0) is 12.7. The molecule has 0 saturated heterocycles. The molecule has 0 aliphatic carbocycles. The van der Waals surface area contributed by atoms with Crippen LogP contribution in [0.1, 0.15) is 37.8 Å². The van der Waals surface area contributed by atoms with Crippen LogP contribution in [0.3, 0.4) is 0 Å². The third-order valence-corrected chi connectivity index (χ3v) is 3.55. The summed E-state index contributed by atoms with van der Waals surface area (Å²) in [5.41, 5.74) is 0.996. The molecule has 1 aromatic rings. The maximum Gasteiger partial charge on any atom is 0.137 e. The van der Waals surface area contributed by atoms with Crippen LogP contribution in [-0.4, -0.2) is 6.54 Å². The van der Waals surface area contributed by atoms with Crippen LogP contribution in [0.5, 0.6) is 0 Å². The SMILES string of the molecule is C=CCCCC(NCC)c1cccc(F)c1Br. The molecular weight excluding hydrogens is 281 g/mol. The van der Waals surface area contributed by atoms with Crippen molar-refractivity contribution in [1.82, 2.24) is 5.32 Å². The highest BCUT2D eigenvalue weighted by molar-refractivity contribution is 9.10. The van der Waals surface area contributed by atoms with Gasteiger partial charge < -0.3 is 5.32 Å². The monoisotopic (exact) mass is 299 g/mol. The summed E-state index contributed by atoms with van der Waals surface area (Å²) in [6.45, 7) is 6.66. The van der Waals surface area contributed by atoms with Crippen LogP contribution in [0.4, 0.5) is 4.39 Å². The Morgan fingerprint density at radius 1 is 1.53 bits per heavy atom. The van der Waals surface area contributed by atoms with Crippen molar-refractivity contribution in [2.75, 3.05) is 6.54 Å². The maximum absolute atomic E-state index is 13.5. The Kier molecular flexibility index (Phi) is 6.45. The molecule has 1 aromatic carbocycles. The van der Waals surface area contributed by atoms with Gasteiger partial charge >= 0.3 is 0 Å². The third kappa shape index (κ3) is 4.25. The lowest BCUT2D eigenvalue weighted by molar-refractivity contribution is 0.494. The van der Waals surface area contributed by atoms with Crippen molar-refractivity contribution < 1.29 is 4.39 Å². The van der Waals surface area contributed by atoms with E-state index >= 15 is 0 Å². The first kappa shape index (κ1) is 14.4. The van der Waals surface area contributed by atoms with Crippen LogP contribution in [-0.2, 0) is 0 Å². The van der Waals surface area contributed by atoms with E-state index in [1.807, 2.05) is 12.1 Å². The zero-order valence-corrected chi connectivity index (χ0v) is 11.8. The Bertz CT molecular complexity index is 365. The second kappa shape index (κ2) is 7.62. The fourth-order valence-electron chi connectivity index (χ4n) is 1.87. The van der Waals surface area contributed by atoms with Crippen molar-refractivity contribution in [3.05, 3.63) is 46.7 Å². The van der Waals surface area contributed by atoms with Gasteiger partial charge in [-0.05, 0) is 53.4 Å². The molecule has 3 heteroatoms. The van der Waals surface area contributed by atoms with E-state index in [1.54, 1.807) is 6.07 Å². The molecular formula is C14H19BrFN. The summed E-state index contributed by atoms with van der Waals surface area (Å²) in [5.74, 6) is -0.200. The molecule has 0 aromatic heterocycles. The third-order valence-electron chi connectivity index (χ3n) is 2.71. The Hall–Kier alpha value is -0.670. The molecule has 0 fully saturated rings. The lowest BCUT2D eigenvalue weighted by Crippen LogP contribution is -2.21. The van der Waals surface area contributed by atoms with Gasteiger partial charge in [0.15, 0.2) is 0 Å². The largest absolute Gasteiger partial charge is 0.310 e. The summed E-state index contributed by atoms with van der Waals surface area (Å²) in [7, 11) is 0. The summed E-state index contributed by atoms with van der Waals surface area (Å²) >= 11 is 3.32. The minimum absolute atomic E-state index is 0.199. The van der Waals surface area contributed by atoms with Crippen molar-refractivity contribution in [2.45, 2.75) is 32.2 Å². The molecule has 1 unspecified atom stereocenters. The number of unbranched alkanes of at least 4 members (excludes halogenated alkanes) is 1. The summed E-state index contributed by atoms with van der Waals surface area (Å²) in [4.78, 5) is 0. The Labute approximate surface area is 111 Å². The van der Waals surface area contributed by atoms with Crippen LogP contribution in [0.15, 0.2) is 35.3 Å². The topological polar surface area (TPSA) is 12.0 Å². The summed E-state index contributed by atoms with van der Waals surface area (Å²) in [6, 6.07) is 5.40. The summed E-state index contributed by atoms with van der Waals surface area (Å²) < 4.78 is 14.1. The number of rotatable bonds is 7. The van der Waals surface area contributed by atoms with Gasteiger partial charge in [-0.25, -0.2) is 4.39 Å². The predicted octanol–water partition coefficient (Wildman–Crippen LogP) is 4.60. The molecule has 0 aliphatic heterocycles. The first-order valence-electron chi connectivity index (χ1n) is 5.98. The first-order valence-corrected chi connectivity index (χ1v) is 6.78. The van der Waals surface area contributed by atoms with E-state index < -0.39 is 0 Å². The highest BCUT2D eigenvalue weighted by Gasteiger charge is 2.14. The highest BCUT2D eigenvalue weighted by Crippen LogP contribution is 2.29. The second-order valence-corrected chi connectivity index (χ2v) is 4.77. The van der Waals surface area contributed by atoms with E-state index in [0.717, 1.165) is 31.4 Å². The fourth-order valence-corrected chi connectivity index (χ4v) is 2.41. The number of allylic oxidation sites excluding steroid dienone is 1. The zero-order valence-electron chi connectivity index (χ0n) is 10.2. The molecule has 94 valence electrons. The van der Waals surface area contributed by atoms with E-state index in [4.69, 9.17) is 0 Å². The Morgan fingerprint density at radius 2 is 2.29 bits per heavy atom. The van der Waals surface area contributed by atoms with Crippen molar-refractivity contribution in [1.29, 1.82) is 0 Å². The molecule has 0 heterocycles. The number of hydrogen-bond donors (Lipinski definition) is 1. The van der Waals surface area contributed by atoms with Crippen molar-refractivity contribution in [3.63, 3.8) is 0 Å². The molecule has 1 N–H and O–H groups in total. The molecule has 0 radical (unpaired) electrons. The molecule has 1 nitrogen and oxygen atoms in total. The van der Waals surface area contributed by atoms with Crippen LogP contribution in [0.2, 0.25) is 0 Å². The van der Waals surface area contributed by atoms with Gasteiger partial charge in [0, 0.05) is 6.04 Å². The van der Waals surface area contributed by atoms with Crippen LogP contribution < -0.4 is 5.32 Å². The van der Waals surface area contributed by atoms with E-state index in [0.29, 0.717) is 4.47 Å². The quantitative estimate of drug-likeness (QED) is 0.573. The van der Waals surface area contributed by atoms with Gasteiger partial charge in [0.05, 0.1) is 4.47 Å². The number of nitrogens with one attached hydrogen (secondary N) is 1. The summed E-state index contributed by atoms with van der Waals surface area (Å²) in [6.07, 6.45) is 4.96. The van der Waals surface area contributed by atoms with Gasteiger partial charge in [-0.1, -0.05) is 25.1 Å². The van der Waals surface area contributed by atoms with Crippen LogP contribution in [0.25, 0.3) is 0 Å². The number of hydrogen-bond acceptors (Lipinski definition) is 1. The molecule has 17 heavy (non-hydrogen) atoms. The van der Waals surface area contributed by atoms with Crippen molar-refractivity contribution in [2.24, 2.45) is 0 Å². The average Bonchev–Trinajstić information content (AvgIpc) is 2.32.